The smallest absolute Gasteiger partial charge is 0.263 e. The number of benzene rings is 1. The average molecular weight is 522 g/mol. The van der Waals surface area contributed by atoms with Gasteiger partial charge in [-0.05, 0) is 39.3 Å². The van der Waals surface area contributed by atoms with Gasteiger partial charge in [-0.1, -0.05) is 50.1 Å². The van der Waals surface area contributed by atoms with Crippen molar-refractivity contribution in [2.75, 3.05) is 25.5 Å². The van der Waals surface area contributed by atoms with E-state index in [1.165, 1.54) is 11.3 Å². The molecular weight excluding hydrogens is 486 g/mol. The molecule has 1 saturated heterocycles. The zero-order valence-electron chi connectivity index (χ0n) is 21.7. The van der Waals surface area contributed by atoms with Gasteiger partial charge in [0.25, 0.3) is 5.91 Å². The Balaban J connectivity index is 1.38. The van der Waals surface area contributed by atoms with Crippen molar-refractivity contribution in [1.82, 2.24) is 20.2 Å². The molecule has 1 aliphatic rings. The molecule has 37 heavy (non-hydrogen) atoms. The number of anilines is 1. The van der Waals surface area contributed by atoms with Crippen molar-refractivity contribution in [3.05, 3.63) is 59.2 Å². The third-order valence-corrected chi connectivity index (χ3v) is 7.65. The second-order valence-electron chi connectivity index (χ2n) is 9.46. The highest BCUT2D eigenvalue weighted by molar-refractivity contribution is 7.17. The lowest BCUT2D eigenvalue weighted by Crippen LogP contribution is -2.43. The quantitative estimate of drug-likeness (QED) is 0.393. The molecule has 2 aromatic heterocycles. The number of piperidine rings is 1. The lowest BCUT2D eigenvalue weighted by atomic mass is 10.1. The lowest BCUT2D eigenvalue weighted by Gasteiger charge is -2.28. The summed E-state index contributed by atoms with van der Waals surface area (Å²) in [6.07, 6.45) is 5.99. The highest BCUT2D eigenvalue weighted by atomic mass is 32.1. The Morgan fingerprint density at radius 3 is 2.59 bits per heavy atom. The number of nitrogens with zero attached hydrogens (tertiary/aromatic N) is 3. The van der Waals surface area contributed by atoms with Crippen LogP contribution in [0.15, 0.2) is 48.7 Å². The van der Waals surface area contributed by atoms with Crippen LogP contribution < -0.4 is 15.4 Å². The van der Waals surface area contributed by atoms with Gasteiger partial charge in [-0.25, -0.2) is 9.97 Å². The number of likely N-dealkylation sites (tertiary alicyclic amines) is 1. The van der Waals surface area contributed by atoms with Gasteiger partial charge < -0.3 is 20.3 Å². The molecule has 2 amide bonds. The summed E-state index contributed by atoms with van der Waals surface area (Å²) < 4.78 is 6.00. The third kappa shape index (κ3) is 7.36. The van der Waals surface area contributed by atoms with Crippen LogP contribution in [0.25, 0.3) is 10.6 Å². The van der Waals surface area contributed by atoms with Crippen molar-refractivity contribution < 1.29 is 14.3 Å². The Labute approximate surface area is 222 Å². The molecule has 3 aromatic rings. The van der Waals surface area contributed by atoms with Crippen LogP contribution in [0.2, 0.25) is 0 Å². The summed E-state index contributed by atoms with van der Waals surface area (Å²) in [6.45, 7) is 5.90. The fourth-order valence-corrected chi connectivity index (χ4v) is 5.21. The largest absolute Gasteiger partial charge is 0.474 e. The van der Waals surface area contributed by atoms with Crippen LogP contribution in [0, 0.1) is 6.92 Å². The maximum atomic E-state index is 13.1. The Hall–Kier alpha value is -3.30. The topological polar surface area (TPSA) is 96.5 Å². The van der Waals surface area contributed by atoms with Crippen LogP contribution in [0.4, 0.5) is 5.69 Å². The number of unbranched alkanes of at least 4 members (excludes halogenated alkanes) is 1. The van der Waals surface area contributed by atoms with Crippen LogP contribution in [0.1, 0.15) is 54.4 Å². The van der Waals surface area contributed by atoms with Gasteiger partial charge >= 0.3 is 0 Å². The van der Waals surface area contributed by atoms with Crippen molar-refractivity contribution in [3.63, 3.8) is 0 Å². The van der Waals surface area contributed by atoms with Gasteiger partial charge in [0.15, 0.2) is 0 Å². The number of carbonyl (C=O) groups excluding carboxylic acids is 2. The molecule has 0 radical (unpaired) electrons. The molecule has 1 aromatic carbocycles. The molecule has 1 atom stereocenters. The predicted octanol–water partition coefficient (Wildman–Crippen LogP) is 4.91. The van der Waals surface area contributed by atoms with Gasteiger partial charge in [-0.3, -0.25) is 9.59 Å². The van der Waals surface area contributed by atoms with E-state index < -0.39 is 6.04 Å². The number of hydrogen-bond donors (Lipinski definition) is 2. The Bertz CT molecular complexity index is 1170. The molecule has 196 valence electrons. The van der Waals surface area contributed by atoms with E-state index in [1.807, 2.05) is 37.3 Å². The molecule has 3 heterocycles. The number of amides is 2. The van der Waals surface area contributed by atoms with E-state index in [1.54, 1.807) is 18.3 Å². The van der Waals surface area contributed by atoms with Crippen LogP contribution in [0.5, 0.6) is 5.88 Å². The maximum absolute atomic E-state index is 13.1. The van der Waals surface area contributed by atoms with Crippen LogP contribution in [-0.4, -0.2) is 59.0 Å². The second kappa shape index (κ2) is 12.8. The second-order valence-corrected chi connectivity index (χ2v) is 10.5. The molecule has 0 aliphatic carbocycles. The van der Waals surface area contributed by atoms with Crippen molar-refractivity contribution in [3.8, 4) is 16.5 Å². The fraction of sp³-hybridized carbons (Fsp3) is 0.429. The Kier molecular flexibility index (Phi) is 9.24. The van der Waals surface area contributed by atoms with E-state index in [0.29, 0.717) is 28.6 Å². The fourth-order valence-electron chi connectivity index (χ4n) is 4.24. The molecule has 1 unspecified atom stereocenters. The van der Waals surface area contributed by atoms with Crippen molar-refractivity contribution in [2.24, 2.45) is 0 Å². The van der Waals surface area contributed by atoms with Crippen molar-refractivity contribution in [2.45, 2.75) is 58.1 Å². The summed E-state index contributed by atoms with van der Waals surface area (Å²) in [5, 5.41) is 6.62. The number of nitrogens with one attached hydrogen (secondary N) is 2. The molecule has 1 fully saturated rings. The predicted molar refractivity (Wildman–Crippen MR) is 147 cm³/mol. The summed E-state index contributed by atoms with van der Waals surface area (Å²) in [5.74, 6) is 0.00440. The first-order valence-electron chi connectivity index (χ1n) is 12.9. The Morgan fingerprint density at radius 2 is 1.92 bits per heavy atom. The number of aryl methyl sites for hydroxylation is 1. The zero-order chi connectivity index (χ0) is 26.2. The summed E-state index contributed by atoms with van der Waals surface area (Å²) in [6, 6.07) is 12.7. The Morgan fingerprint density at radius 1 is 1.16 bits per heavy atom. The minimum atomic E-state index is -0.663. The number of thiazole rings is 1. The van der Waals surface area contributed by atoms with Gasteiger partial charge in [-0.15, -0.1) is 11.3 Å². The third-order valence-electron chi connectivity index (χ3n) is 6.45. The lowest BCUT2D eigenvalue weighted by molar-refractivity contribution is -0.118. The highest BCUT2D eigenvalue weighted by Crippen LogP contribution is 2.28. The molecule has 4 rings (SSSR count). The number of aromatic nitrogens is 2. The van der Waals surface area contributed by atoms with E-state index in [-0.39, 0.29) is 17.9 Å². The first kappa shape index (κ1) is 26.8. The van der Waals surface area contributed by atoms with Crippen LogP contribution in [0.3, 0.4) is 0 Å². The molecule has 0 saturated carbocycles. The van der Waals surface area contributed by atoms with E-state index in [0.717, 1.165) is 49.3 Å². The minimum absolute atomic E-state index is 0.162. The highest BCUT2D eigenvalue weighted by Gasteiger charge is 2.24. The number of hydrogen-bond acceptors (Lipinski definition) is 7. The SMILES string of the molecule is CCCCC(NC(=O)c1sc(-c2ccccc2)nc1C)C(=O)Nc1ccc(OC2CCN(C)CC2)nc1. The summed E-state index contributed by atoms with van der Waals surface area (Å²) >= 11 is 1.34. The standard InChI is InChI=1S/C28H35N5O3S/c1-4-5-11-23(32-27(35)25-19(2)30-28(37-25)20-9-7-6-8-10-20)26(34)31-21-12-13-24(29-18-21)36-22-14-16-33(3)17-15-22/h6-10,12-13,18,22-23H,4-5,11,14-17H2,1-3H3,(H,31,34)(H,32,35). The average Bonchev–Trinajstić information content (AvgIpc) is 3.31. The summed E-state index contributed by atoms with van der Waals surface area (Å²) in [4.78, 5) is 38.0. The van der Waals surface area contributed by atoms with E-state index in [2.05, 4.69) is 39.5 Å². The molecule has 1 aliphatic heterocycles. The number of pyridine rings is 1. The molecular formula is C28H35N5O3S. The first-order chi connectivity index (χ1) is 17.9. The normalized spacial score (nSPS) is 15.2. The number of ether oxygens (including phenoxy) is 1. The van der Waals surface area contributed by atoms with E-state index in [4.69, 9.17) is 4.74 Å². The van der Waals surface area contributed by atoms with Crippen molar-refractivity contribution >= 4 is 28.8 Å². The van der Waals surface area contributed by atoms with E-state index >= 15 is 0 Å². The summed E-state index contributed by atoms with van der Waals surface area (Å²) in [7, 11) is 2.11. The number of carbonyl (C=O) groups is 2. The molecule has 0 spiro atoms. The molecule has 2 N–H and O–H groups in total. The van der Waals surface area contributed by atoms with Crippen molar-refractivity contribution in [1.29, 1.82) is 0 Å². The van der Waals surface area contributed by atoms with Gasteiger partial charge in [0, 0.05) is 24.7 Å². The maximum Gasteiger partial charge on any atom is 0.263 e. The van der Waals surface area contributed by atoms with Gasteiger partial charge in [-0.2, -0.15) is 0 Å². The molecule has 0 bridgehead atoms. The van der Waals surface area contributed by atoms with Gasteiger partial charge in [0.1, 0.15) is 22.0 Å². The van der Waals surface area contributed by atoms with E-state index in [9.17, 15) is 9.59 Å². The number of rotatable bonds is 10. The van der Waals surface area contributed by atoms with Gasteiger partial charge in [0.05, 0.1) is 17.6 Å². The van der Waals surface area contributed by atoms with Gasteiger partial charge in [0.2, 0.25) is 11.8 Å². The van der Waals surface area contributed by atoms with Crippen LogP contribution in [-0.2, 0) is 4.79 Å². The zero-order valence-corrected chi connectivity index (χ0v) is 22.5. The summed E-state index contributed by atoms with van der Waals surface area (Å²) in [5.41, 5.74) is 2.18. The first-order valence-corrected chi connectivity index (χ1v) is 13.7. The van der Waals surface area contributed by atoms with Crippen LogP contribution >= 0.6 is 11.3 Å². The minimum Gasteiger partial charge on any atom is -0.474 e. The monoisotopic (exact) mass is 521 g/mol. The molecule has 9 heteroatoms. The molecule has 8 nitrogen and oxygen atoms in total.